The maximum Gasteiger partial charge on any atom is 0.182 e. The van der Waals surface area contributed by atoms with Gasteiger partial charge in [-0.05, 0) is 23.7 Å². The molecule has 0 unspecified atom stereocenters. The first kappa shape index (κ1) is 11.2. The van der Waals surface area contributed by atoms with Crippen LogP contribution >= 0.6 is 0 Å². The topological polar surface area (TPSA) is 65.3 Å². The summed E-state index contributed by atoms with van der Waals surface area (Å²) >= 11 is 0. The summed E-state index contributed by atoms with van der Waals surface area (Å²) in [6.45, 7) is 1.02. The Morgan fingerprint density at radius 1 is 1.53 bits per heavy atom. The van der Waals surface area contributed by atoms with E-state index in [-0.39, 0.29) is 23.5 Å². The van der Waals surface area contributed by atoms with Gasteiger partial charge in [0.25, 0.3) is 0 Å². The number of aryl methyl sites for hydroxylation is 1. The predicted octanol–water partition coefficient (Wildman–Crippen LogP) is 2.41. The SMILES string of the molecule is Cc1cc(C=N)c(NCN=O)c(F)c1F. The smallest absolute Gasteiger partial charge is 0.182 e. The third kappa shape index (κ3) is 2.15. The molecule has 0 aliphatic rings. The highest BCUT2D eigenvalue weighted by atomic mass is 19.2. The highest BCUT2D eigenvalue weighted by Gasteiger charge is 2.14. The number of hydrogen-bond acceptors (Lipinski definition) is 4. The van der Waals surface area contributed by atoms with Crippen LogP contribution in [0, 0.1) is 28.9 Å². The molecule has 4 nitrogen and oxygen atoms in total. The molecule has 1 aromatic carbocycles. The zero-order chi connectivity index (χ0) is 11.4. The van der Waals surface area contributed by atoms with Gasteiger partial charge < -0.3 is 10.7 Å². The maximum absolute atomic E-state index is 13.3. The minimum atomic E-state index is -1.10. The Kier molecular flexibility index (Phi) is 3.43. The van der Waals surface area contributed by atoms with Crippen LogP contribution in [0.15, 0.2) is 11.2 Å². The van der Waals surface area contributed by atoms with Gasteiger partial charge in [0.15, 0.2) is 18.3 Å². The quantitative estimate of drug-likeness (QED) is 0.595. The van der Waals surface area contributed by atoms with Crippen LogP contribution in [0.1, 0.15) is 11.1 Å². The number of rotatable bonds is 4. The molecule has 0 saturated heterocycles. The van der Waals surface area contributed by atoms with Gasteiger partial charge in [0.2, 0.25) is 0 Å². The number of nitroso groups, excluding NO2 is 1. The third-order valence-electron chi connectivity index (χ3n) is 1.89. The van der Waals surface area contributed by atoms with Gasteiger partial charge in [0.05, 0.1) is 5.69 Å². The molecule has 0 amide bonds. The molecule has 1 rings (SSSR count). The van der Waals surface area contributed by atoms with E-state index < -0.39 is 11.6 Å². The molecule has 1 aromatic rings. The fourth-order valence-electron chi connectivity index (χ4n) is 1.18. The van der Waals surface area contributed by atoms with E-state index in [0.29, 0.717) is 0 Å². The van der Waals surface area contributed by atoms with E-state index in [2.05, 4.69) is 10.5 Å². The van der Waals surface area contributed by atoms with Crippen LogP contribution in [0.2, 0.25) is 0 Å². The van der Waals surface area contributed by atoms with E-state index in [1.54, 1.807) is 0 Å². The monoisotopic (exact) mass is 213 g/mol. The normalized spacial score (nSPS) is 9.80. The van der Waals surface area contributed by atoms with E-state index in [4.69, 9.17) is 5.41 Å². The first-order valence-corrected chi connectivity index (χ1v) is 4.14. The lowest BCUT2D eigenvalue weighted by Gasteiger charge is -2.09. The van der Waals surface area contributed by atoms with Gasteiger partial charge in [-0.25, -0.2) is 8.78 Å². The lowest BCUT2D eigenvalue weighted by molar-refractivity contribution is 0.505. The molecule has 6 heteroatoms. The van der Waals surface area contributed by atoms with E-state index in [0.717, 1.165) is 6.21 Å². The highest BCUT2D eigenvalue weighted by Crippen LogP contribution is 2.24. The van der Waals surface area contributed by atoms with Gasteiger partial charge in [-0.1, -0.05) is 0 Å². The van der Waals surface area contributed by atoms with Crippen molar-refractivity contribution >= 4 is 11.9 Å². The van der Waals surface area contributed by atoms with Crippen LogP contribution < -0.4 is 5.32 Å². The Morgan fingerprint density at radius 2 is 2.20 bits per heavy atom. The minimum Gasteiger partial charge on any atom is -0.360 e. The summed E-state index contributed by atoms with van der Waals surface area (Å²) < 4.78 is 26.5. The minimum absolute atomic E-state index is 0.107. The Labute approximate surface area is 84.8 Å². The number of benzene rings is 1. The van der Waals surface area contributed by atoms with E-state index in [9.17, 15) is 13.7 Å². The molecule has 0 aromatic heterocycles. The average Bonchev–Trinajstić information content (AvgIpc) is 2.24. The Bertz CT molecular complexity index is 407. The molecule has 2 N–H and O–H groups in total. The van der Waals surface area contributed by atoms with E-state index >= 15 is 0 Å². The highest BCUT2D eigenvalue weighted by molar-refractivity contribution is 5.86. The molecule has 0 saturated carbocycles. The molecule has 0 heterocycles. The number of nitrogens with zero attached hydrogens (tertiary/aromatic N) is 1. The Balaban J connectivity index is 3.26. The molecule has 80 valence electrons. The summed E-state index contributed by atoms with van der Waals surface area (Å²) in [5, 5.41) is 11.8. The van der Waals surface area contributed by atoms with Crippen molar-refractivity contribution in [1.82, 2.24) is 0 Å². The standard InChI is InChI=1S/C9H9F2N3O/c1-5-2-6(3-12)9(13-4-14-15)8(11)7(5)10/h2-3,12-13H,4H2,1H3. The van der Waals surface area contributed by atoms with Crippen LogP contribution in [0.4, 0.5) is 14.5 Å². The lowest BCUT2D eigenvalue weighted by atomic mass is 10.1. The van der Waals surface area contributed by atoms with Gasteiger partial charge >= 0.3 is 0 Å². The van der Waals surface area contributed by atoms with Crippen LogP contribution in [0.5, 0.6) is 0 Å². The zero-order valence-corrected chi connectivity index (χ0v) is 7.97. The molecule has 0 atom stereocenters. The van der Waals surface area contributed by atoms with Gasteiger partial charge in [-0.2, -0.15) is 0 Å². The van der Waals surface area contributed by atoms with Gasteiger partial charge in [-0.15, -0.1) is 4.91 Å². The zero-order valence-electron chi connectivity index (χ0n) is 7.97. The fraction of sp³-hybridized carbons (Fsp3) is 0.222. The Hall–Kier alpha value is -1.85. The number of anilines is 1. The summed E-state index contributed by atoms with van der Waals surface area (Å²) in [5.74, 6) is -2.09. The van der Waals surface area contributed by atoms with Crippen LogP contribution in [-0.2, 0) is 0 Å². The van der Waals surface area contributed by atoms with Gasteiger partial charge in [0.1, 0.15) is 0 Å². The molecule has 0 fully saturated rings. The van der Waals surface area contributed by atoms with Crippen molar-refractivity contribution in [2.45, 2.75) is 6.92 Å². The van der Waals surface area contributed by atoms with Crippen molar-refractivity contribution in [2.24, 2.45) is 5.18 Å². The fourth-order valence-corrected chi connectivity index (χ4v) is 1.18. The molecule has 15 heavy (non-hydrogen) atoms. The Morgan fingerprint density at radius 3 is 2.73 bits per heavy atom. The van der Waals surface area contributed by atoms with Gasteiger partial charge in [0, 0.05) is 11.8 Å². The summed E-state index contributed by atoms with van der Waals surface area (Å²) in [4.78, 5) is 9.86. The van der Waals surface area contributed by atoms with Crippen molar-refractivity contribution in [3.63, 3.8) is 0 Å². The largest absolute Gasteiger partial charge is 0.360 e. The first-order chi connectivity index (χ1) is 7.11. The second-order valence-electron chi connectivity index (χ2n) is 2.89. The second kappa shape index (κ2) is 4.59. The van der Waals surface area contributed by atoms with Crippen molar-refractivity contribution in [3.8, 4) is 0 Å². The average molecular weight is 213 g/mol. The van der Waals surface area contributed by atoms with Crippen molar-refractivity contribution in [3.05, 3.63) is 33.7 Å². The summed E-state index contributed by atoms with van der Waals surface area (Å²) in [7, 11) is 0. The van der Waals surface area contributed by atoms with Gasteiger partial charge in [-0.3, -0.25) is 0 Å². The molecular weight excluding hydrogens is 204 g/mol. The van der Waals surface area contributed by atoms with Crippen molar-refractivity contribution < 1.29 is 8.78 Å². The number of hydrogen-bond donors (Lipinski definition) is 2. The molecule has 0 spiro atoms. The first-order valence-electron chi connectivity index (χ1n) is 4.14. The maximum atomic E-state index is 13.3. The van der Waals surface area contributed by atoms with Crippen LogP contribution in [-0.4, -0.2) is 12.9 Å². The van der Waals surface area contributed by atoms with Crippen LogP contribution in [0.3, 0.4) is 0 Å². The molecule has 0 aliphatic heterocycles. The van der Waals surface area contributed by atoms with Crippen LogP contribution in [0.25, 0.3) is 0 Å². The second-order valence-corrected chi connectivity index (χ2v) is 2.89. The molecule has 0 radical (unpaired) electrons. The van der Waals surface area contributed by atoms with E-state index in [1.165, 1.54) is 13.0 Å². The number of nitrogens with one attached hydrogen (secondary N) is 2. The van der Waals surface area contributed by atoms with E-state index in [1.807, 2.05) is 0 Å². The lowest BCUT2D eigenvalue weighted by Crippen LogP contribution is -2.07. The van der Waals surface area contributed by atoms with Crippen molar-refractivity contribution in [2.75, 3.05) is 12.0 Å². The summed E-state index contributed by atoms with van der Waals surface area (Å²) in [5.41, 5.74) is 0.0679. The third-order valence-corrected chi connectivity index (χ3v) is 1.89. The summed E-state index contributed by atoms with van der Waals surface area (Å²) in [6, 6.07) is 1.32. The number of halogens is 2. The molecular formula is C9H9F2N3O. The molecule has 0 bridgehead atoms. The van der Waals surface area contributed by atoms with Crippen molar-refractivity contribution in [1.29, 1.82) is 5.41 Å². The predicted molar refractivity (Wildman–Crippen MR) is 53.3 cm³/mol. The summed E-state index contributed by atoms with van der Waals surface area (Å²) in [6.07, 6.45) is 0.878. The molecule has 0 aliphatic carbocycles.